The Balaban J connectivity index is 1.37. The Labute approximate surface area is 220 Å². The lowest BCUT2D eigenvalue weighted by Crippen LogP contribution is -2.59. The van der Waals surface area contributed by atoms with Crippen molar-refractivity contribution in [3.8, 4) is 0 Å². The van der Waals surface area contributed by atoms with E-state index >= 15 is 0 Å². The number of aromatic nitrogens is 1. The number of amides is 3. The van der Waals surface area contributed by atoms with Crippen molar-refractivity contribution in [1.82, 2.24) is 20.1 Å². The number of benzene rings is 2. The molecule has 3 aromatic rings. The average molecular weight is 517 g/mol. The van der Waals surface area contributed by atoms with Gasteiger partial charge in [-0.25, -0.2) is 4.39 Å². The molecule has 1 aromatic heterocycles. The van der Waals surface area contributed by atoms with Crippen molar-refractivity contribution in [1.29, 1.82) is 0 Å². The van der Waals surface area contributed by atoms with Crippen LogP contribution in [0.15, 0.2) is 73.1 Å². The van der Waals surface area contributed by atoms with E-state index in [0.29, 0.717) is 38.0 Å². The summed E-state index contributed by atoms with van der Waals surface area (Å²) in [7, 11) is 0. The van der Waals surface area contributed by atoms with E-state index in [2.05, 4.69) is 10.3 Å². The summed E-state index contributed by atoms with van der Waals surface area (Å²) < 4.78 is 19.9. The molecule has 5 rings (SSSR count). The first-order chi connectivity index (χ1) is 18.4. The molecule has 3 heterocycles. The quantitative estimate of drug-likeness (QED) is 0.562. The van der Waals surface area contributed by atoms with Crippen molar-refractivity contribution in [3.05, 3.63) is 101 Å². The molecule has 8 nitrogen and oxygen atoms in total. The third-order valence-electron chi connectivity index (χ3n) is 7.28. The van der Waals surface area contributed by atoms with Crippen LogP contribution in [0.3, 0.4) is 0 Å². The maximum Gasteiger partial charge on any atom is 0.257 e. The predicted molar refractivity (Wildman–Crippen MR) is 137 cm³/mol. The highest BCUT2D eigenvalue weighted by molar-refractivity contribution is 5.99. The van der Waals surface area contributed by atoms with Crippen molar-refractivity contribution >= 4 is 17.7 Å². The lowest BCUT2D eigenvalue weighted by molar-refractivity contribution is -0.128. The van der Waals surface area contributed by atoms with E-state index in [0.717, 1.165) is 11.1 Å². The van der Waals surface area contributed by atoms with Gasteiger partial charge in [-0.05, 0) is 54.4 Å². The second kappa shape index (κ2) is 10.7. The number of hydrogen-bond donors (Lipinski definition) is 1. The third-order valence-corrected chi connectivity index (χ3v) is 7.28. The fourth-order valence-electron chi connectivity index (χ4n) is 5.18. The monoisotopic (exact) mass is 516 g/mol. The number of rotatable bonds is 5. The fraction of sp³-hybridized carbons (Fsp3) is 0.310. The van der Waals surface area contributed by atoms with Crippen LogP contribution in [0.4, 0.5) is 4.39 Å². The van der Waals surface area contributed by atoms with E-state index in [1.165, 1.54) is 18.2 Å². The molecular formula is C29H29FN4O4. The first-order valence-corrected chi connectivity index (χ1v) is 12.6. The Morgan fingerprint density at radius 3 is 2.47 bits per heavy atom. The van der Waals surface area contributed by atoms with Gasteiger partial charge in [0.05, 0.1) is 6.61 Å². The smallest absolute Gasteiger partial charge is 0.257 e. The van der Waals surface area contributed by atoms with Crippen molar-refractivity contribution in [2.45, 2.75) is 38.1 Å². The van der Waals surface area contributed by atoms with Crippen LogP contribution in [0.2, 0.25) is 0 Å². The normalized spacial score (nSPS) is 18.4. The topological polar surface area (TPSA) is 91.8 Å². The van der Waals surface area contributed by atoms with Gasteiger partial charge in [-0.15, -0.1) is 0 Å². The van der Waals surface area contributed by atoms with E-state index < -0.39 is 17.6 Å². The minimum absolute atomic E-state index is 0.0532. The number of ether oxygens (including phenoxy) is 1. The molecule has 0 radical (unpaired) electrons. The zero-order valence-corrected chi connectivity index (χ0v) is 21.1. The summed E-state index contributed by atoms with van der Waals surface area (Å²) in [6.07, 6.45) is 3.98. The van der Waals surface area contributed by atoms with Crippen molar-refractivity contribution in [2.24, 2.45) is 0 Å². The summed E-state index contributed by atoms with van der Waals surface area (Å²) in [5.74, 6) is -1.34. The summed E-state index contributed by atoms with van der Waals surface area (Å²) in [4.78, 5) is 47.5. The number of likely N-dealkylation sites (tertiary alicyclic amines) is 1. The van der Waals surface area contributed by atoms with Gasteiger partial charge in [-0.2, -0.15) is 0 Å². The molecule has 196 valence electrons. The van der Waals surface area contributed by atoms with Crippen molar-refractivity contribution < 1.29 is 23.5 Å². The summed E-state index contributed by atoms with van der Waals surface area (Å²) in [5, 5.41) is 2.93. The largest absolute Gasteiger partial charge is 0.353 e. The van der Waals surface area contributed by atoms with Gasteiger partial charge >= 0.3 is 0 Å². The second-order valence-electron chi connectivity index (χ2n) is 9.64. The van der Waals surface area contributed by atoms with Crippen molar-refractivity contribution in [3.63, 3.8) is 0 Å². The van der Waals surface area contributed by atoms with Crippen LogP contribution in [-0.2, 0) is 16.1 Å². The SMILES string of the molecule is Cc1ccccc1C(=O)N1[C@H](C(=O)NCc2ccncc2)COC12CCN(C(=O)c1cccc(F)c1)CC2. The molecule has 2 aliphatic rings. The highest BCUT2D eigenvalue weighted by Crippen LogP contribution is 2.39. The lowest BCUT2D eigenvalue weighted by Gasteiger charge is -2.44. The van der Waals surface area contributed by atoms with Crippen LogP contribution in [-0.4, -0.2) is 64.0 Å². The van der Waals surface area contributed by atoms with Gasteiger partial charge in [-0.3, -0.25) is 24.3 Å². The molecule has 1 atom stereocenters. The van der Waals surface area contributed by atoms with Gasteiger partial charge in [0.1, 0.15) is 17.6 Å². The molecule has 2 saturated heterocycles. The Morgan fingerprint density at radius 2 is 1.76 bits per heavy atom. The van der Waals surface area contributed by atoms with E-state index in [4.69, 9.17) is 4.74 Å². The number of nitrogens with zero attached hydrogens (tertiary/aromatic N) is 3. The van der Waals surface area contributed by atoms with Crippen LogP contribution < -0.4 is 5.32 Å². The molecule has 0 aliphatic carbocycles. The first kappa shape index (κ1) is 25.5. The zero-order chi connectivity index (χ0) is 26.7. The third kappa shape index (κ3) is 5.02. The maximum absolute atomic E-state index is 13.9. The first-order valence-electron chi connectivity index (χ1n) is 12.6. The van der Waals surface area contributed by atoms with Gasteiger partial charge in [0, 0.05) is 56.0 Å². The molecular weight excluding hydrogens is 487 g/mol. The molecule has 1 N–H and O–H groups in total. The number of halogens is 1. The molecule has 38 heavy (non-hydrogen) atoms. The standard InChI is InChI=1S/C29H29FN4O4/c1-20-5-2-3-8-24(20)28(37)34-25(26(35)32-18-21-9-13-31-14-10-21)19-38-29(34)11-15-33(16-12-29)27(36)22-6-4-7-23(30)17-22/h2-10,13-14,17,25H,11-12,15-16,18-19H2,1H3,(H,32,35)/t25-/m0/s1. The molecule has 0 bridgehead atoms. The minimum atomic E-state index is -1.03. The molecule has 2 aliphatic heterocycles. The predicted octanol–water partition coefficient (Wildman–Crippen LogP) is 3.32. The van der Waals surface area contributed by atoms with Crippen LogP contribution in [0, 0.1) is 12.7 Å². The number of pyridine rings is 1. The van der Waals surface area contributed by atoms with Crippen LogP contribution in [0.1, 0.15) is 44.7 Å². The Bertz CT molecular complexity index is 1340. The van der Waals surface area contributed by atoms with Gasteiger partial charge < -0.3 is 15.0 Å². The summed E-state index contributed by atoms with van der Waals surface area (Å²) in [5.41, 5.74) is 1.44. The Morgan fingerprint density at radius 1 is 1.03 bits per heavy atom. The number of nitrogens with one attached hydrogen (secondary N) is 1. The summed E-state index contributed by atoms with van der Waals surface area (Å²) in [6, 6.07) is 15.7. The van der Waals surface area contributed by atoms with Crippen molar-refractivity contribution in [2.75, 3.05) is 19.7 Å². The van der Waals surface area contributed by atoms with Crippen LogP contribution in [0.5, 0.6) is 0 Å². The fourth-order valence-corrected chi connectivity index (χ4v) is 5.18. The van der Waals surface area contributed by atoms with E-state index in [1.54, 1.807) is 40.4 Å². The van der Waals surface area contributed by atoms with E-state index in [1.807, 2.05) is 31.2 Å². The number of piperidine rings is 1. The Hall–Kier alpha value is -4.11. The number of hydrogen-bond acceptors (Lipinski definition) is 5. The van der Waals surface area contributed by atoms with Gasteiger partial charge in [0.25, 0.3) is 11.8 Å². The molecule has 2 fully saturated rings. The maximum atomic E-state index is 13.9. The summed E-state index contributed by atoms with van der Waals surface area (Å²) in [6.45, 7) is 2.82. The molecule has 0 saturated carbocycles. The van der Waals surface area contributed by atoms with Crippen LogP contribution in [0.25, 0.3) is 0 Å². The molecule has 9 heteroatoms. The van der Waals surface area contributed by atoms with Gasteiger partial charge in [0.15, 0.2) is 0 Å². The number of aryl methyl sites for hydroxylation is 1. The average Bonchev–Trinajstić information content (AvgIpc) is 3.30. The van der Waals surface area contributed by atoms with Gasteiger partial charge in [0.2, 0.25) is 5.91 Å². The zero-order valence-electron chi connectivity index (χ0n) is 21.1. The minimum Gasteiger partial charge on any atom is -0.353 e. The van der Waals surface area contributed by atoms with E-state index in [9.17, 15) is 18.8 Å². The van der Waals surface area contributed by atoms with Gasteiger partial charge in [-0.1, -0.05) is 24.3 Å². The number of carbonyl (C=O) groups excluding carboxylic acids is 3. The summed E-state index contributed by atoms with van der Waals surface area (Å²) >= 11 is 0. The highest BCUT2D eigenvalue weighted by atomic mass is 19.1. The van der Waals surface area contributed by atoms with Crippen LogP contribution >= 0.6 is 0 Å². The molecule has 1 spiro atoms. The van der Waals surface area contributed by atoms with E-state index in [-0.39, 0.29) is 29.9 Å². The molecule has 3 amide bonds. The molecule has 2 aromatic carbocycles. The lowest BCUT2D eigenvalue weighted by atomic mass is 9.95. The second-order valence-corrected chi connectivity index (χ2v) is 9.64. The number of carbonyl (C=O) groups is 3. The molecule has 0 unspecified atom stereocenters. The highest BCUT2D eigenvalue weighted by Gasteiger charge is 2.54. The Kier molecular flexibility index (Phi) is 7.20.